The molecule has 1 N–H and O–H groups in total. The predicted molar refractivity (Wildman–Crippen MR) is 125 cm³/mol. The fraction of sp³-hybridized carbons (Fsp3) is 0.269. The van der Waals surface area contributed by atoms with Gasteiger partial charge in [0.05, 0.1) is 17.1 Å². The molecule has 0 fully saturated rings. The Bertz CT molecular complexity index is 980. The van der Waals surface area contributed by atoms with Crippen LogP contribution >= 0.6 is 0 Å². The Labute approximate surface area is 175 Å². The molecule has 1 heterocycles. The summed E-state index contributed by atoms with van der Waals surface area (Å²) in [4.78, 5) is 6.80. The Hall–Kier alpha value is -3.25. The number of nitrogens with one attached hydrogen (secondary N) is 1. The van der Waals surface area contributed by atoms with Gasteiger partial charge in [-0.2, -0.15) is 0 Å². The van der Waals surface area contributed by atoms with Crippen LogP contribution in [0.2, 0.25) is 0 Å². The summed E-state index contributed by atoms with van der Waals surface area (Å²) in [6.45, 7) is 22.6. The van der Waals surface area contributed by atoms with Crippen LogP contribution in [-0.2, 0) is 6.42 Å². The maximum atomic E-state index is 5.55. The van der Waals surface area contributed by atoms with E-state index in [1.807, 2.05) is 43.9 Å². The van der Waals surface area contributed by atoms with Gasteiger partial charge in [-0.05, 0) is 75.1 Å². The van der Waals surface area contributed by atoms with Gasteiger partial charge in [0, 0.05) is 17.3 Å². The van der Waals surface area contributed by atoms with Crippen LogP contribution in [-0.4, -0.2) is 10.6 Å². The molecule has 0 amide bonds. The SMILES string of the molecule is C#Cc1ccc(C(C)NC(=C)C2=N/C(=C/C)N(C(=C)C)C(C(=C)C)=C2)c(CC)c1. The molecule has 0 radical (unpaired) electrons. The van der Waals surface area contributed by atoms with Crippen LogP contribution in [0.3, 0.4) is 0 Å². The normalized spacial score (nSPS) is 15.9. The van der Waals surface area contributed by atoms with Crippen LogP contribution in [0.15, 0.2) is 83.6 Å². The summed E-state index contributed by atoms with van der Waals surface area (Å²) in [5.74, 6) is 3.53. The fourth-order valence-corrected chi connectivity index (χ4v) is 3.42. The van der Waals surface area contributed by atoms with Crippen molar-refractivity contribution < 1.29 is 0 Å². The first-order valence-corrected chi connectivity index (χ1v) is 9.86. The number of benzene rings is 1. The van der Waals surface area contributed by atoms with Crippen LogP contribution in [0.25, 0.3) is 0 Å². The molecule has 0 saturated carbocycles. The lowest BCUT2D eigenvalue weighted by Crippen LogP contribution is -2.29. The molecule has 1 aromatic rings. The standard InChI is InChI=1S/C26H31N3/c1-10-21-13-14-23(22(11-2)15-21)19(8)27-20(9)24-16-25(17(4)5)29(18(6)7)26(12-3)28-24/h1,12-16,19,27H,4,6,9,11H2,2-3,5,7-8H3/b26-12-. The van der Waals surface area contributed by atoms with Gasteiger partial charge < -0.3 is 5.32 Å². The Morgan fingerprint density at radius 3 is 2.52 bits per heavy atom. The fourth-order valence-electron chi connectivity index (χ4n) is 3.42. The number of hydrogen-bond acceptors (Lipinski definition) is 3. The van der Waals surface area contributed by atoms with Gasteiger partial charge in [0.15, 0.2) is 0 Å². The van der Waals surface area contributed by atoms with Crippen molar-refractivity contribution in [1.82, 2.24) is 10.2 Å². The number of rotatable bonds is 7. The summed E-state index contributed by atoms with van der Waals surface area (Å²) in [6, 6.07) is 6.23. The number of allylic oxidation sites excluding steroid dienone is 4. The van der Waals surface area contributed by atoms with Crippen LogP contribution in [0, 0.1) is 12.3 Å². The van der Waals surface area contributed by atoms with Crippen molar-refractivity contribution in [2.24, 2.45) is 4.99 Å². The van der Waals surface area contributed by atoms with Gasteiger partial charge in [-0.1, -0.05) is 38.6 Å². The average Bonchev–Trinajstić information content (AvgIpc) is 2.71. The van der Waals surface area contributed by atoms with E-state index in [1.165, 1.54) is 11.1 Å². The second kappa shape index (κ2) is 9.30. The molecule has 0 spiro atoms. The van der Waals surface area contributed by atoms with Gasteiger partial charge in [-0.25, -0.2) is 4.99 Å². The number of terminal acetylenes is 1. The number of hydrogen-bond donors (Lipinski definition) is 1. The molecule has 0 saturated heterocycles. The second-order valence-corrected chi connectivity index (χ2v) is 7.28. The largest absolute Gasteiger partial charge is 0.377 e. The van der Waals surface area contributed by atoms with Gasteiger partial charge in [0.25, 0.3) is 0 Å². The molecule has 1 aliphatic heterocycles. The quantitative estimate of drug-likeness (QED) is 0.582. The van der Waals surface area contributed by atoms with Gasteiger partial charge in [0.2, 0.25) is 0 Å². The van der Waals surface area contributed by atoms with Crippen molar-refractivity contribution in [3.8, 4) is 12.3 Å². The second-order valence-electron chi connectivity index (χ2n) is 7.28. The molecule has 0 aromatic heterocycles. The van der Waals surface area contributed by atoms with Gasteiger partial charge >= 0.3 is 0 Å². The summed E-state index contributed by atoms with van der Waals surface area (Å²) in [6.07, 6.45) is 10.4. The highest BCUT2D eigenvalue weighted by atomic mass is 15.2. The molecular formula is C26H31N3. The molecule has 3 nitrogen and oxygen atoms in total. The molecule has 1 aromatic carbocycles. The molecule has 1 aliphatic rings. The topological polar surface area (TPSA) is 27.6 Å². The first-order chi connectivity index (χ1) is 13.7. The minimum Gasteiger partial charge on any atom is -0.377 e. The molecule has 29 heavy (non-hydrogen) atoms. The third kappa shape index (κ3) is 4.78. The maximum absolute atomic E-state index is 5.55. The van der Waals surface area contributed by atoms with E-state index in [9.17, 15) is 0 Å². The van der Waals surface area contributed by atoms with Crippen LogP contribution in [0.1, 0.15) is 57.4 Å². The van der Waals surface area contributed by atoms with Crippen molar-refractivity contribution in [2.75, 3.05) is 0 Å². The van der Waals surface area contributed by atoms with Crippen molar-refractivity contribution >= 4 is 5.71 Å². The predicted octanol–water partition coefficient (Wildman–Crippen LogP) is 6.01. The zero-order chi connectivity index (χ0) is 21.7. The summed E-state index contributed by atoms with van der Waals surface area (Å²) >= 11 is 0. The molecule has 2 rings (SSSR count). The third-order valence-electron chi connectivity index (χ3n) is 4.91. The summed E-state index contributed by atoms with van der Waals surface area (Å²) in [5.41, 5.74) is 7.71. The summed E-state index contributed by atoms with van der Waals surface area (Å²) in [5, 5.41) is 3.51. The van der Waals surface area contributed by atoms with Gasteiger partial charge in [-0.15, -0.1) is 6.42 Å². The van der Waals surface area contributed by atoms with Crippen LogP contribution in [0.5, 0.6) is 0 Å². The first kappa shape index (κ1) is 22.0. The molecule has 0 bridgehead atoms. The van der Waals surface area contributed by atoms with Crippen LogP contribution < -0.4 is 5.32 Å². The maximum Gasteiger partial charge on any atom is 0.133 e. The lowest BCUT2D eigenvalue weighted by molar-refractivity contribution is 0.526. The Balaban J connectivity index is 2.34. The Morgan fingerprint density at radius 2 is 2.00 bits per heavy atom. The minimum atomic E-state index is 0.0712. The molecule has 150 valence electrons. The minimum absolute atomic E-state index is 0.0712. The Kier molecular flexibility index (Phi) is 7.07. The highest BCUT2D eigenvalue weighted by Gasteiger charge is 2.23. The molecule has 1 atom stereocenters. The zero-order valence-electron chi connectivity index (χ0n) is 18.3. The molecule has 0 aliphatic carbocycles. The van der Waals surface area contributed by atoms with Crippen molar-refractivity contribution in [3.63, 3.8) is 0 Å². The van der Waals surface area contributed by atoms with E-state index >= 15 is 0 Å². The summed E-state index contributed by atoms with van der Waals surface area (Å²) < 4.78 is 0. The smallest absolute Gasteiger partial charge is 0.133 e. The number of aliphatic imine (C=N–C) groups is 1. The van der Waals surface area contributed by atoms with Gasteiger partial charge in [-0.3, -0.25) is 4.90 Å². The number of nitrogens with zero attached hydrogens (tertiary/aromatic N) is 2. The lowest BCUT2D eigenvalue weighted by Gasteiger charge is -2.32. The van der Waals surface area contributed by atoms with E-state index in [0.29, 0.717) is 0 Å². The highest BCUT2D eigenvalue weighted by molar-refractivity contribution is 6.09. The van der Waals surface area contributed by atoms with Crippen molar-refractivity contribution in [1.29, 1.82) is 0 Å². The zero-order valence-corrected chi connectivity index (χ0v) is 18.3. The van der Waals surface area contributed by atoms with E-state index < -0.39 is 0 Å². The molecular weight excluding hydrogens is 354 g/mol. The monoisotopic (exact) mass is 385 g/mol. The average molecular weight is 386 g/mol. The molecule has 3 heteroatoms. The lowest BCUT2D eigenvalue weighted by atomic mass is 9.96. The third-order valence-corrected chi connectivity index (χ3v) is 4.91. The number of aryl methyl sites for hydroxylation is 1. The van der Waals surface area contributed by atoms with Crippen molar-refractivity contribution in [3.05, 3.63) is 95.3 Å². The highest BCUT2D eigenvalue weighted by Crippen LogP contribution is 2.30. The summed E-state index contributed by atoms with van der Waals surface area (Å²) in [7, 11) is 0. The molecule has 1 unspecified atom stereocenters. The first-order valence-electron chi connectivity index (χ1n) is 9.86. The van der Waals surface area contributed by atoms with E-state index in [0.717, 1.165) is 46.2 Å². The van der Waals surface area contributed by atoms with Crippen LogP contribution in [0.4, 0.5) is 0 Å². The van der Waals surface area contributed by atoms with E-state index in [1.54, 1.807) is 0 Å². The van der Waals surface area contributed by atoms with E-state index in [4.69, 9.17) is 11.4 Å². The van der Waals surface area contributed by atoms with Crippen molar-refractivity contribution in [2.45, 2.75) is 47.1 Å². The van der Waals surface area contributed by atoms with E-state index in [-0.39, 0.29) is 6.04 Å². The van der Waals surface area contributed by atoms with E-state index in [2.05, 4.69) is 57.0 Å². The Morgan fingerprint density at radius 1 is 1.31 bits per heavy atom. The van der Waals surface area contributed by atoms with Gasteiger partial charge in [0.1, 0.15) is 5.82 Å².